The molecule has 0 aliphatic rings. The van der Waals surface area contributed by atoms with Gasteiger partial charge in [0.2, 0.25) is 5.43 Å². The molecule has 2 rings (SSSR count). The highest BCUT2D eigenvalue weighted by Crippen LogP contribution is 2.14. The second-order valence-electron chi connectivity index (χ2n) is 3.71. The molecule has 0 aliphatic heterocycles. The molecule has 18 heavy (non-hydrogen) atoms. The molecule has 0 radical (unpaired) electrons. The zero-order valence-electron chi connectivity index (χ0n) is 9.47. The largest absolute Gasteiger partial charge is 0.487 e. The Morgan fingerprint density at radius 2 is 2.00 bits per heavy atom. The van der Waals surface area contributed by atoms with Crippen LogP contribution in [0, 0.1) is 0 Å². The van der Waals surface area contributed by atoms with Gasteiger partial charge in [0, 0.05) is 6.07 Å². The number of ether oxygens (including phenoxy) is 1. The third kappa shape index (κ3) is 2.86. The summed E-state index contributed by atoms with van der Waals surface area (Å²) in [5, 5.41) is 13.7. The van der Waals surface area contributed by atoms with Crippen molar-refractivity contribution in [2.75, 3.05) is 0 Å². The topological polar surface area (TPSA) is 95.2 Å². The molecular formula is C12H12N2O4. The van der Waals surface area contributed by atoms with Crippen molar-refractivity contribution in [3.63, 3.8) is 0 Å². The molecule has 0 spiro atoms. The van der Waals surface area contributed by atoms with Gasteiger partial charge >= 0.3 is 5.56 Å². The van der Waals surface area contributed by atoms with Gasteiger partial charge in [0.1, 0.15) is 12.4 Å². The Labute approximate surface area is 102 Å². The first kappa shape index (κ1) is 12.1. The van der Waals surface area contributed by atoms with Crippen molar-refractivity contribution >= 4 is 0 Å². The predicted molar refractivity (Wildman–Crippen MR) is 64.4 cm³/mol. The zero-order chi connectivity index (χ0) is 13.0. The highest BCUT2D eigenvalue weighted by molar-refractivity contribution is 5.28. The molecule has 1 aromatic heterocycles. The van der Waals surface area contributed by atoms with E-state index in [1.54, 1.807) is 24.3 Å². The first-order valence-electron chi connectivity index (χ1n) is 5.32. The van der Waals surface area contributed by atoms with E-state index >= 15 is 0 Å². The molecule has 3 N–H and O–H groups in total. The summed E-state index contributed by atoms with van der Waals surface area (Å²) in [5.41, 5.74) is -0.103. The summed E-state index contributed by atoms with van der Waals surface area (Å²) in [6.45, 7) is 0.0631. The summed E-state index contributed by atoms with van der Waals surface area (Å²) in [5.74, 6) is 0.577. The van der Waals surface area contributed by atoms with E-state index in [2.05, 4.69) is 10.2 Å². The van der Waals surface area contributed by atoms with E-state index < -0.39 is 11.0 Å². The molecule has 0 unspecified atom stereocenters. The number of hydrogen-bond donors (Lipinski definition) is 3. The Morgan fingerprint density at radius 3 is 2.72 bits per heavy atom. The molecule has 6 nitrogen and oxygen atoms in total. The van der Waals surface area contributed by atoms with E-state index in [4.69, 9.17) is 9.84 Å². The molecule has 0 saturated heterocycles. The van der Waals surface area contributed by atoms with Gasteiger partial charge in [-0.25, -0.2) is 0 Å². The van der Waals surface area contributed by atoms with E-state index in [1.165, 1.54) is 6.07 Å². The average Bonchev–Trinajstić information content (AvgIpc) is 2.40. The van der Waals surface area contributed by atoms with Crippen molar-refractivity contribution in [3.8, 4) is 5.75 Å². The average molecular weight is 248 g/mol. The molecule has 0 bridgehead atoms. The first-order valence-corrected chi connectivity index (χ1v) is 5.32. The van der Waals surface area contributed by atoms with Gasteiger partial charge in [0.15, 0.2) is 0 Å². The van der Waals surface area contributed by atoms with Crippen molar-refractivity contribution in [2.45, 2.75) is 13.2 Å². The summed E-state index contributed by atoms with van der Waals surface area (Å²) < 4.78 is 5.43. The number of aliphatic hydroxyl groups excluding tert-OH is 1. The number of rotatable bonds is 4. The van der Waals surface area contributed by atoms with Crippen molar-refractivity contribution in [2.24, 2.45) is 0 Å². The minimum atomic E-state index is -0.693. The molecular weight excluding hydrogens is 236 g/mol. The number of nitrogens with one attached hydrogen (secondary N) is 2. The molecule has 0 fully saturated rings. The summed E-state index contributed by atoms with van der Waals surface area (Å²) in [4.78, 5) is 22.0. The molecule has 6 heteroatoms. The van der Waals surface area contributed by atoms with E-state index in [0.717, 1.165) is 5.56 Å². The smallest absolute Gasteiger partial charge is 0.310 e. The summed E-state index contributed by atoms with van der Waals surface area (Å²) in [6, 6.07) is 8.16. The maximum atomic E-state index is 11.1. The lowest BCUT2D eigenvalue weighted by atomic mass is 10.2. The Hall–Kier alpha value is -2.34. The Morgan fingerprint density at radius 1 is 1.17 bits per heavy atom. The van der Waals surface area contributed by atoms with Crippen LogP contribution in [0.2, 0.25) is 0 Å². The minimum absolute atomic E-state index is 0.0628. The predicted octanol–water partition coefficient (Wildman–Crippen LogP) is 0.135. The molecule has 2 aromatic rings. The Balaban J connectivity index is 2.08. The molecule has 0 saturated carbocycles. The molecule has 0 atom stereocenters. The van der Waals surface area contributed by atoms with Crippen LogP contribution in [-0.4, -0.2) is 15.3 Å². The van der Waals surface area contributed by atoms with Crippen molar-refractivity contribution < 1.29 is 9.84 Å². The molecule has 0 aliphatic carbocycles. The van der Waals surface area contributed by atoms with Gasteiger partial charge in [-0.05, 0) is 17.7 Å². The number of benzene rings is 1. The van der Waals surface area contributed by atoms with Crippen LogP contribution in [-0.2, 0) is 13.2 Å². The van der Waals surface area contributed by atoms with Gasteiger partial charge in [-0.2, -0.15) is 0 Å². The normalized spacial score (nSPS) is 10.3. The highest BCUT2D eigenvalue weighted by atomic mass is 16.5. The lowest BCUT2D eigenvalue weighted by Gasteiger charge is -2.06. The van der Waals surface area contributed by atoms with Crippen LogP contribution in [0.1, 0.15) is 11.3 Å². The second kappa shape index (κ2) is 5.33. The van der Waals surface area contributed by atoms with Crippen LogP contribution in [0.25, 0.3) is 0 Å². The Bertz CT molecular complexity index is 645. The van der Waals surface area contributed by atoms with Gasteiger partial charge in [-0.3, -0.25) is 19.8 Å². The van der Waals surface area contributed by atoms with Crippen molar-refractivity contribution in [1.29, 1.82) is 0 Å². The van der Waals surface area contributed by atoms with Crippen LogP contribution < -0.4 is 15.7 Å². The quantitative estimate of drug-likeness (QED) is 0.670. The lowest BCUT2D eigenvalue weighted by Crippen LogP contribution is -2.28. The van der Waals surface area contributed by atoms with E-state index in [0.29, 0.717) is 11.4 Å². The SMILES string of the molecule is O=c1cc(COc2cccc(CO)c2)[nH][nH]c1=O. The summed E-state index contributed by atoms with van der Waals surface area (Å²) in [7, 11) is 0. The number of H-pyrrole nitrogens is 2. The van der Waals surface area contributed by atoms with Gasteiger partial charge in [-0.15, -0.1) is 0 Å². The maximum Gasteiger partial charge on any atom is 0.310 e. The third-order valence-corrected chi connectivity index (χ3v) is 2.34. The van der Waals surface area contributed by atoms with Crippen LogP contribution in [0.15, 0.2) is 39.9 Å². The second-order valence-corrected chi connectivity index (χ2v) is 3.71. The zero-order valence-corrected chi connectivity index (χ0v) is 9.47. The number of aromatic amines is 2. The number of aromatic nitrogens is 2. The van der Waals surface area contributed by atoms with Crippen LogP contribution in [0.5, 0.6) is 5.75 Å². The van der Waals surface area contributed by atoms with E-state index in [1.807, 2.05) is 0 Å². The van der Waals surface area contributed by atoms with Crippen LogP contribution >= 0.6 is 0 Å². The monoisotopic (exact) mass is 248 g/mol. The maximum absolute atomic E-state index is 11.1. The van der Waals surface area contributed by atoms with Crippen molar-refractivity contribution in [1.82, 2.24) is 10.2 Å². The van der Waals surface area contributed by atoms with Crippen molar-refractivity contribution in [3.05, 3.63) is 62.2 Å². The number of aliphatic hydroxyl groups is 1. The van der Waals surface area contributed by atoms with Crippen LogP contribution in [0.3, 0.4) is 0 Å². The van der Waals surface area contributed by atoms with Gasteiger partial charge in [-0.1, -0.05) is 12.1 Å². The molecule has 94 valence electrons. The standard InChI is InChI=1S/C12H12N2O4/c15-6-8-2-1-3-10(4-8)18-7-9-5-11(16)12(17)14-13-9/h1-5,15H,6-7H2,(H,13,16)(H,14,17). The third-order valence-electron chi connectivity index (χ3n) is 2.34. The lowest BCUT2D eigenvalue weighted by molar-refractivity contribution is 0.277. The fraction of sp³-hybridized carbons (Fsp3) is 0.167. The van der Waals surface area contributed by atoms with Gasteiger partial charge in [0.05, 0.1) is 12.3 Å². The van der Waals surface area contributed by atoms with Gasteiger partial charge < -0.3 is 9.84 Å². The van der Waals surface area contributed by atoms with Gasteiger partial charge in [0.25, 0.3) is 0 Å². The number of hydrogen-bond acceptors (Lipinski definition) is 4. The summed E-state index contributed by atoms with van der Waals surface area (Å²) in [6.07, 6.45) is 0. The summed E-state index contributed by atoms with van der Waals surface area (Å²) >= 11 is 0. The molecule has 0 amide bonds. The molecule has 1 heterocycles. The Kier molecular flexibility index (Phi) is 3.59. The van der Waals surface area contributed by atoms with E-state index in [-0.39, 0.29) is 13.2 Å². The fourth-order valence-electron chi connectivity index (χ4n) is 1.43. The fourth-order valence-corrected chi connectivity index (χ4v) is 1.43. The minimum Gasteiger partial charge on any atom is -0.487 e. The highest BCUT2D eigenvalue weighted by Gasteiger charge is 2.00. The van der Waals surface area contributed by atoms with Crippen LogP contribution in [0.4, 0.5) is 0 Å². The van der Waals surface area contributed by atoms with E-state index in [9.17, 15) is 9.59 Å². The molecule has 1 aromatic carbocycles. The first-order chi connectivity index (χ1) is 8.69.